The maximum Gasteiger partial charge on any atom is 0.365 e. The average molecular weight is 226 g/mol. The van der Waals surface area contributed by atoms with E-state index in [1.807, 2.05) is 6.92 Å². The number of allylic oxidation sites excluding steroid dienone is 1. The van der Waals surface area contributed by atoms with Crippen LogP contribution in [0.1, 0.15) is 30.8 Å². The van der Waals surface area contributed by atoms with Gasteiger partial charge in [0.15, 0.2) is 0 Å². The van der Waals surface area contributed by atoms with Crippen molar-refractivity contribution >= 4 is 11.5 Å². The van der Waals surface area contributed by atoms with Crippen LogP contribution in [0.25, 0.3) is 5.57 Å². The van der Waals surface area contributed by atoms with Gasteiger partial charge in [-0.2, -0.15) is 9.49 Å². The topological polar surface area (TPSA) is 55.1 Å². The third-order valence-electron chi connectivity index (χ3n) is 2.57. The number of rotatable bonds is 3. The fourth-order valence-electron chi connectivity index (χ4n) is 1.82. The minimum absolute atomic E-state index is 0.127. The summed E-state index contributed by atoms with van der Waals surface area (Å²) in [7, 11) is 0. The van der Waals surface area contributed by atoms with Gasteiger partial charge in [-0.1, -0.05) is 0 Å². The molecule has 4 nitrogen and oxygen atoms in total. The Labute approximate surface area is 93.4 Å². The number of nitrogens with zero attached hydrogens (tertiary/aromatic N) is 2. The quantitative estimate of drug-likeness (QED) is 0.804. The molecule has 1 heterocycles. The van der Waals surface area contributed by atoms with Crippen LogP contribution in [0.3, 0.4) is 0 Å². The molecule has 88 valence electrons. The van der Waals surface area contributed by atoms with Gasteiger partial charge in [0, 0.05) is 23.4 Å². The number of aromatic nitrogens is 2. The summed E-state index contributed by atoms with van der Waals surface area (Å²) in [5, 5.41) is 12.8. The molecule has 0 aliphatic heterocycles. The Bertz CT molecular complexity index is 461. The molecule has 0 unspecified atom stereocenters. The Morgan fingerprint density at radius 1 is 1.50 bits per heavy atom. The van der Waals surface area contributed by atoms with Crippen LogP contribution < -0.4 is 0 Å². The van der Waals surface area contributed by atoms with Crippen molar-refractivity contribution in [2.45, 2.75) is 34.2 Å². The highest BCUT2D eigenvalue weighted by atomic mass is 19.1. The summed E-state index contributed by atoms with van der Waals surface area (Å²) in [5.74, 6) is -2.66. The van der Waals surface area contributed by atoms with Gasteiger partial charge in [-0.15, -0.1) is 0 Å². The maximum atomic E-state index is 13.3. The van der Waals surface area contributed by atoms with Crippen LogP contribution in [-0.4, -0.2) is 20.9 Å². The van der Waals surface area contributed by atoms with Crippen LogP contribution in [0.4, 0.5) is 4.39 Å². The van der Waals surface area contributed by atoms with E-state index in [1.54, 1.807) is 18.5 Å². The molecular weight excluding hydrogens is 211 g/mol. The van der Waals surface area contributed by atoms with Gasteiger partial charge in [0.05, 0.1) is 5.69 Å². The molecule has 1 aromatic heterocycles. The number of hydrogen-bond acceptors (Lipinski definition) is 2. The summed E-state index contributed by atoms with van der Waals surface area (Å²) in [6.45, 7) is 7.61. The predicted molar refractivity (Wildman–Crippen MR) is 58.7 cm³/mol. The van der Waals surface area contributed by atoms with Crippen LogP contribution >= 0.6 is 0 Å². The smallest absolute Gasteiger partial charge is 0.365 e. The van der Waals surface area contributed by atoms with Gasteiger partial charge in [-0.05, 0) is 27.7 Å². The number of carboxylic acid groups (broad SMARTS) is 1. The third-order valence-corrected chi connectivity index (χ3v) is 2.57. The first-order chi connectivity index (χ1) is 7.40. The molecule has 1 N–H and O–H groups in total. The summed E-state index contributed by atoms with van der Waals surface area (Å²) in [5.41, 5.74) is 2.14. The Kier molecular flexibility index (Phi) is 3.47. The molecular formula is C11H15FN2O2. The lowest BCUT2D eigenvalue weighted by Gasteiger charge is -2.03. The fourth-order valence-corrected chi connectivity index (χ4v) is 1.82. The first-order valence-corrected chi connectivity index (χ1v) is 5.04. The van der Waals surface area contributed by atoms with E-state index in [2.05, 4.69) is 5.10 Å². The Morgan fingerprint density at radius 3 is 2.44 bits per heavy atom. The van der Waals surface area contributed by atoms with Crippen molar-refractivity contribution in [3.05, 3.63) is 22.8 Å². The van der Waals surface area contributed by atoms with Crippen LogP contribution in [0.15, 0.2) is 5.83 Å². The molecule has 0 radical (unpaired) electrons. The molecule has 0 spiro atoms. The molecule has 0 amide bonds. The van der Waals surface area contributed by atoms with Crippen molar-refractivity contribution in [3.8, 4) is 0 Å². The molecule has 0 fully saturated rings. The number of carboxylic acids is 1. The standard InChI is InChI=1S/C11H15FN2O2/c1-5-14-8(4)9(7(3)13-14)6(2)10(12)11(15)16/h5H2,1-4H3,(H,15,16). The molecule has 0 saturated carbocycles. The Hall–Kier alpha value is -1.65. The summed E-state index contributed by atoms with van der Waals surface area (Å²) < 4.78 is 15.0. The summed E-state index contributed by atoms with van der Waals surface area (Å²) in [4.78, 5) is 10.6. The summed E-state index contributed by atoms with van der Waals surface area (Å²) in [6, 6.07) is 0. The average Bonchev–Trinajstić information content (AvgIpc) is 2.51. The van der Waals surface area contributed by atoms with Gasteiger partial charge < -0.3 is 5.11 Å². The van der Waals surface area contributed by atoms with Gasteiger partial charge in [0.1, 0.15) is 0 Å². The zero-order valence-electron chi connectivity index (χ0n) is 9.83. The van der Waals surface area contributed by atoms with E-state index in [0.29, 0.717) is 17.8 Å². The van der Waals surface area contributed by atoms with Crippen molar-refractivity contribution in [1.29, 1.82) is 0 Å². The molecule has 1 rings (SSSR count). The number of carbonyl (C=O) groups is 1. The van der Waals surface area contributed by atoms with Crippen molar-refractivity contribution in [2.75, 3.05) is 0 Å². The van der Waals surface area contributed by atoms with Gasteiger partial charge in [-0.25, -0.2) is 4.79 Å². The zero-order valence-corrected chi connectivity index (χ0v) is 9.83. The molecule has 0 bridgehead atoms. The highest BCUT2D eigenvalue weighted by molar-refractivity contribution is 5.94. The van der Waals surface area contributed by atoms with E-state index < -0.39 is 11.8 Å². The minimum Gasteiger partial charge on any atom is -0.476 e. The van der Waals surface area contributed by atoms with E-state index in [9.17, 15) is 9.18 Å². The molecule has 0 aliphatic rings. The van der Waals surface area contributed by atoms with Crippen molar-refractivity contribution in [2.24, 2.45) is 0 Å². The third kappa shape index (κ3) is 1.98. The highest BCUT2D eigenvalue weighted by Gasteiger charge is 2.18. The monoisotopic (exact) mass is 226 g/mol. The number of halogens is 1. The lowest BCUT2D eigenvalue weighted by Crippen LogP contribution is -2.01. The number of hydrogen-bond donors (Lipinski definition) is 1. The van der Waals surface area contributed by atoms with Crippen molar-refractivity contribution in [3.63, 3.8) is 0 Å². The van der Waals surface area contributed by atoms with E-state index in [-0.39, 0.29) is 5.57 Å². The molecule has 5 heteroatoms. The van der Waals surface area contributed by atoms with E-state index in [1.165, 1.54) is 6.92 Å². The van der Waals surface area contributed by atoms with Gasteiger partial charge >= 0.3 is 5.97 Å². The Morgan fingerprint density at radius 2 is 2.06 bits per heavy atom. The van der Waals surface area contributed by atoms with Gasteiger partial charge in [0.25, 0.3) is 0 Å². The maximum absolute atomic E-state index is 13.3. The van der Waals surface area contributed by atoms with Crippen molar-refractivity contribution < 1.29 is 14.3 Å². The second-order valence-corrected chi connectivity index (χ2v) is 3.61. The normalized spacial score (nSPS) is 12.6. The summed E-state index contributed by atoms with van der Waals surface area (Å²) in [6.07, 6.45) is 0. The predicted octanol–water partition coefficient (Wildman–Crippen LogP) is 2.30. The lowest BCUT2D eigenvalue weighted by atomic mass is 10.0. The lowest BCUT2D eigenvalue weighted by molar-refractivity contribution is -0.134. The second kappa shape index (κ2) is 4.47. The van der Waals surface area contributed by atoms with E-state index in [0.717, 1.165) is 5.69 Å². The SMILES string of the molecule is CCn1nc(C)c(C(C)=C(F)C(=O)O)c1C. The number of aryl methyl sites for hydroxylation is 2. The van der Waals surface area contributed by atoms with Gasteiger partial charge in [0.2, 0.25) is 5.83 Å². The zero-order chi connectivity index (χ0) is 12.5. The first kappa shape index (κ1) is 12.4. The molecule has 0 aromatic carbocycles. The van der Waals surface area contributed by atoms with Crippen LogP contribution in [0, 0.1) is 13.8 Å². The van der Waals surface area contributed by atoms with Gasteiger partial charge in [-0.3, -0.25) is 4.68 Å². The van der Waals surface area contributed by atoms with Crippen LogP contribution in [0.5, 0.6) is 0 Å². The van der Waals surface area contributed by atoms with E-state index in [4.69, 9.17) is 5.11 Å². The molecule has 1 aromatic rings. The molecule has 0 saturated heterocycles. The van der Waals surface area contributed by atoms with Crippen molar-refractivity contribution in [1.82, 2.24) is 9.78 Å². The Balaban J connectivity index is 3.39. The minimum atomic E-state index is -1.54. The molecule has 16 heavy (non-hydrogen) atoms. The van der Waals surface area contributed by atoms with E-state index >= 15 is 0 Å². The summed E-state index contributed by atoms with van der Waals surface area (Å²) >= 11 is 0. The number of aliphatic carboxylic acids is 1. The van der Waals surface area contributed by atoms with Crippen LogP contribution in [0.2, 0.25) is 0 Å². The fraction of sp³-hybridized carbons (Fsp3) is 0.455. The largest absolute Gasteiger partial charge is 0.476 e. The van der Waals surface area contributed by atoms with Crippen LogP contribution in [-0.2, 0) is 11.3 Å². The first-order valence-electron chi connectivity index (χ1n) is 5.04. The molecule has 0 atom stereocenters. The molecule has 0 aliphatic carbocycles. The highest BCUT2D eigenvalue weighted by Crippen LogP contribution is 2.25. The second-order valence-electron chi connectivity index (χ2n) is 3.61.